The number of para-hydroxylation sites is 1. The van der Waals surface area contributed by atoms with Crippen LogP contribution in [0.3, 0.4) is 0 Å². The fraction of sp³-hybridized carbons (Fsp3) is 0.148. The molecule has 0 spiro atoms. The summed E-state index contributed by atoms with van der Waals surface area (Å²) in [7, 11) is 1.38. The zero-order valence-electron chi connectivity index (χ0n) is 18.7. The van der Waals surface area contributed by atoms with Gasteiger partial charge in [0.1, 0.15) is 24.2 Å². The van der Waals surface area contributed by atoms with Crippen LogP contribution in [0.2, 0.25) is 0 Å². The molecule has 0 bridgehead atoms. The van der Waals surface area contributed by atoms with Crippen LogP contribution in [0.5, 0.6) is 5.75 Å². The number of anilines is 1. The third-order valence-electron chi connectivity index (χ3n) is 6.44. The van der Waals surface area contributed by atoms with Crippen molar-refractivity contribution in [2.75, 3.05) is 12.4 Å². The Balaban J connectivity index is 1.58. The SMILES string of the molecule is COC(=O)c1ccc([C@@H]2Oc3ccccc3C3=C2[C@@H](c2ccccc2C)n2ncnc2N3)cc1. The number of methoxy groups -OCH3 is 1. The number of carbonyl (C=O) groups is 1. The fourth-order valence-corrected chi connectivity index (χ4v) is 4.80. The summed E-state index contributed by atoms with van der Waals surface area (Å²) < 4.78 is 13.4. The smallest absolute Gasteiger partial charge is 0.337 e. The molecule has 6 rings (SSSR count). The Labute approximate surface area is 196 Å². The van der Waals surface area contributed by atoms with Crippen molar-refractivity contribution >= 4 is 17.6 Å². The Morgan fingerprint density at radius 1 is 1.03 bits per heavy atom. The molecule has 3 aromatic carbocycles. The zero-order chi connectivity index (χ0) is 23.2. The molecule has 7 nitrogen and oxygen atoms in total. The predicted octanol–water partition coefficient (Wildman–Crippen LogP) is 4.93. The summed E-state index contributed by atoms with van der Waals surface area (Å²) in [5.74, 6) is 1.10. The molecule has 0 unspecified atom stereocenters. The maximum absolute atomic E-state index is 12.0. The summed E-state index contributed by atoms with van der Waals surface area (Å²) in [6.45, 7) is 2.10. The van der Waals surface area contributed by atoms with Crippen molar-refractivity contribution in [3.05, 3.63) is 113 Å². The van der Waals surface area contributed by atoms with E-state index >= 15 is 0 Å². The minimum absolute atomic E-state index is 0.214. The fourth-order valence-electron chi connectivity index (χ4n) is 4.80. The lowest BCUT2D eigenvalue weighted by molar-refractivity contribution is 0.0600. The molecule has 34 heavy (non-hydrogen) atoms. The number of esters is 1. The maximum atomic E-state index is 12.0. The molecular weight excluding hydrogens is 428 g/mol. The quantitative estimate of drug-likeness (QED) is 0.446. The van der Waals surface area contributed by atoms with Crippen molar-refractivity contribution in [1.29, 1.82) is 0 Å². The van der Waals surface area contributed by atoms with Crippen molar-refractivity contribution in [2.24, 2.45) is 0 Å². The number of aromatic nitrogens is 3. The number of hydrogen-bond donors (Lipinski definition) is 1. The topological polar surface area (TPSA) is 78.3 Å². The first-order chi connectivity index (χ1) is 16.7. The summed E-state index contributed by atoms with van der Waals surface area (Å²) in [4.78, 5) is 16.5. The van der Waals surface area contributed by atoms with Gasteiger partial charge >= 0.3 is 5.97 Å². The molecule has 2 aliphatic rings. The van der Waals surface area contributed by atoms with Crippen molar-refractivity contribution in [3.63, 3.8) is 0 Å². The van der Waals surface area contributed by atoms with Crippen LogP contribution in [-0.4, -0.2) is 27.8 Å². The summed E-state index contributed by atoms with van der Waals surface area (Å²) in [5, 5.41) is 8.08. The minimum atomic E-state index is -0.397. The molecule has 3 heterocycles. The first-order valence-electron chi connectivity index (χ1n) is 11.1. The second-order valence-electron chi connectivity index (χ2n) is 8.35. The third kappa shape index (κ3) is 3.08. The highest BCUT2D eigenvalue weighted by Crippen LogP contribution is 2.50. The summed E-state index contributed by atoms with van der Waals surface area (Å²) in [6.07, 6.45) is 1.17. The minimum Gasteiger partial charge on any atom is -0.480 e. The van der Waals surface area contributed by atoms with Crippen LogP contribution in [0, 0.1) is 6.92 Å². The Kier molecular flexibility index (Phi) is 4.69. The van der Waals surface area contributed by atoms with Crippen LogP contribution in [0.15, 0.2) is 84.7 Å². The van der Waals surface area contributed by atoms with E-state index in [0.717, 1.165) is 39.3 Å². The lowest BCUT2D eigenvalue weighted by Gasteiger charge is -2.39. The Morgan fingerprint density at radius 2 is 1.79 bits per heavy atom. The molecule has 0 radical (unpaired) electrons. The average Bonchev–Trinajstić information content (AvgIpc) is 3.35. The van der Waals surface area contributed by atoms with Crippen LogP contribution in [0.25, 0.3) is 5.70 Å². The van der Waals surface area contributed by atoms with Gasteiger partial charge in [-0.15, -0.1) is 0 Å². The van der Waals surface area contributed by atoms with E-state index < -0.39 is 6.10 Å². The molecule has 0 saturated carbocycles. The van der Waals surface area contributed by atoms with Crippen LogP contribution in [0.4, 0.5) is 5.95 Å². The number of nitrogens with one attached hydrogen (secondary N) is 1. The molecule has 168 valence electrons. The van der Waals surface area contributed by atoms with Gasteiger partial charge in [0.15, 0.2) is 0 Å². The molecular formula is C27H22N4O3. The van der Waals surface area contributed by atoms with E-state index in [-0.39, 0.29) is 12.0 Å². The van der Waals surface area contributed by atoms with E-state index in [9.17, 15) is 4.79 Å². The van der Waals surface area contributed by atoms with E-state index in [0.29, 0.717) is 11.5 Å². The van der Waals surface area contributed by atoms with Gasteiger partial charge in [-0.3, -0.25) is 0 Å². The highest BCUT2D eigenvalue weighted by molar-refractivity contribution is 5.89. The third-order valence-corrected chi connectivity index (χ3v) is 6.44. The van der Waals surface area contributed by atoms with Gasteiger partial charge in [0.05, 0.1) is 18.4 Å². The average molecular weight is 450 g/mol. The summed E-state index contributed by atoms with van der Waals surface area (Å²) in [5.41, 5.74) is 6.69. The van der Waals surface area contributed by atoms with Gasteiger partial charge in [-0.2, -0.15) is 10.1 Å². The number of nitrogens with zero attached hydrogens (tertiary/aromatic N) is 3. The van der Waals surface area contributed by atoms with Gasteiger partial charge in [0.2, 0.25) is 5.95 Å². The van der Waals surface area contributed by atoms with Crippen molar-refractivity contribution in [2.45, 2.75) is 19.1 Å². The summed E-state index contributed by atoms with van der Waals surface area (Å²) >= 11 is 0. The van der Waals surface area contributed by atoms with E-state index in [1.54, 1.807) is 18.5 Å². The Morgan fingerprint density at radius 3 is 2.59 bits per heavy atom. The lowest BCUT2D eigenvalue weighted by Crippen LogP contribution is -2.32. The van der Waals surface area contributed by atoms with Crippen LogP contribution < -0.4 is 10.1 Å². The maximum Gasteiger partial charge on any atom is 0.337 e. The molecule has 7 heteroatoms. The normalized spacial score (nSPS) is 18.2. The van der Waals surface area contributed by atoms with Crippen LogP contribution in [0.1, 0.15) is 44.8 Å². The first-order valence-corrected chi connectivity index (χ1v) is 11.1. The monoisotopic (exact) mass is 450 g/mol. The second-order valence-corrected chi connectivity index (χ2v) is 8.35. The number of ether oxygens (including phenoxy) is 2. The molecule has 1 aromatic heterocycles. The van der Waals surface area contributed by atoms with Gasteiger partial charge in [0, 0.05) is 11.1 Å². The highest BCUT2D eigenvalue weighted by Gasteiger charge is 2.41. The molecule has 0 amide bonds. The molecule has 0 aliphatic carbocycles. The standard InChI is InChI=1S/C27H22N4O3/c1-16-7-3-4-8-19(16)24-22-23(30-27-28-15-29-31(24)27)20-9-5-6-10-21(20)34-25(22)17-11-13-18(14-12-17)26(32)33-2/h3-15,24-25H,1-2H3,(H,28,29,30)/t24-,25+/m1/s1. The molecule has 0 saturated heterocycles. The van der Waals surface area contributed by atoms with Crippen LogP contribution >= 0.6 is 0 Å². The molecule has 2 atom stereocenters. The van der Waals surface area contributed by atoms with E-state index in [1.807, 2.05) is 47.1 Å². The predicted molar refractivity (Wildman–Crippen MR) is 127 cm³/mol. The van der Waals surface area contributed by atoms with Crippen molar-refractivity contribution < 1.29 is 14.3 Å². The van der Waals surface area contributed by atoms with E-state index in [2.05, 4.69) is 40.5 Å². The van der Waals surface area contributed by atoms with Gasteiger partial charge < -0.3 is 14.8 Å². The zero-order valence-corrected chi connectivity index (χ0v) is 18.7. The number of fused-ring (bicyclic) bond motifs is 3. The van der Waals surface area contributed by atoms with Gasteiger partial charge in [0.25, 0.3) is 0 Å². The second kappa shape index (κ2) is 7.88. The van der Waals surface area contributed by atoms with Crippen molar-refractivity contribution in [3.8, 4) is 5.75 Å². The number of aryl methyl sites for hydroxylation is 1. The number of benzene rings is 3. The van der Waals surface area contributed by atoms with Gasteiger partial charge in [-0.25, -0.2) is 9.48 Å². The van der Waals surface area contributed by atoms with Crippen LogP contribution in [-0.2, 0) is 4.74 Å². The largest absolute Gasteiger partial charge is 0.480 e. The summed E-state index contributed by atoms with van der Waals surface area (Å²) in [6, 6.07) is 23.5. The number of hydrogen-bond acceptors (Lipinski definition) is 6. The Hall–Kier alpha value is -4.39. The number of rotatable bonds is 3. The lowest BCUT2D eigenvalue weighted by atomic mass is 9.83. The highest BCUT2D eigenvalue weighted by atomic mass is 16.5. The Bertz CT molecular complexity index is 1440. The van der Waals surface area contributed by atoms with Gasteiger partial charge in [-0.05, 0) is 47.9 Å². The first kappa shape index (κ1) is 20.2. The van der Waals surface area contributed by atoms with E-state index in [4.69, 9.17) is 9.47 Å². The molecule has 1 N–H and O–H groups in total. The molecule has 2 aliphatic heterocycles. The number of carbonyl (C=O) groups excluding carboxylic acids is 1. The van der Waals surface area contributed by atoms with E-state index in [1.165, 1.54) is 7.11 Å². The van der Waals surface area contributed by atoms with Crippen molar-refractivity contribution in [1.82, 2.24) is 14.8 Å². The molecule has 4 aromatic rings. The van der Waals surface area contributed by atoms with Gasteiger partial charge in [-0.1, -0.05) is 48.5 Å². The molecule has 0 fully saturated rings.